The minimum absolute atomic E-state index is 0.186. The predicted molar refractivity (Wildman–Crippen MR) is 54.0 cm³/mol. The molecule has 4 heteroatoms. The molecule has 0 radical (unpaired) electrons. The molecule has 76 valence electrons. The highest BCUT2D eigenvalue weighted by atomic mass is 35.5. The summed E-state index contributed by atoms with van der Waals surface area (Å²) in [5.74, 6) is -0.660. The SMILES string of the molecule is CC(=CC(Cl)C[N+](C)(C)C)C(=N)[O-]. The van der Waals surface area contributed by atoms with Gasteiger partial charge in [0.15, 0.2) is 0 Å². The second-order valence-corrected chi connectivity index (χ2v) is 4.73. The van der Waals surface area contributed by atoms with E-state index in [0.717, 1.165) is 11.0 Å². The molecule has 0 amide bonds. The molecule has 0 saturated carbocycles. The van der Waals surface area contributed by atoms with Crippen molar-refractivity contribution in [2.45, 2.75) is 12.3 Å². The summed E-state index contributed by atoms with van der Waals surface area (Å²) in [6.45, 7) is 2.35. The minimum Gasteiger partial charge on any atom is -0.859 e. The lowest BCUT2D eigenvalue weighted by atomic mass is 10.2. The Hall–Kier alpha value is -0.540. The summed E-state index contributed by atoms with van der Waals surface area (Å²) in [6.07, 6.45) is 1.64. The molecule has 0 aliphatic carbocycles. The summed E-state index contributed by atoms with van der Waals surface area (Å²) in [6, 6.07) is 0. The molecule has 0 aliphatic heterocycles. The topological polar surface area (TPSA) is 46.9 Å². The van der Waals surface area contributed by atoms with Crippen LogP contribution in [0.2, 0.25) is 0 Å². The number of hydrogen-bond acceptors (Lipinski definition) is 2. The van der Waals surface area contributed by atoms with Crippen molar-refractivity contribution in [1.82, 2.24) is 0 Å². The number of nitrogens with one attached hydrogen (secondary N) is 1. The molecule has 0 aromatic carbocycles. The summed E-state index contributed by atoms with van der Waals surface area (Å²) in [7, 11) is 6.09. The van der Waals surface area contributed by atoms with Gasteiger partial charge in [-0.1, -0.05) is 6.08 Å². The van der Waals surface area contributed by atoms with E-state index in [4.69, 9.17) is 17.0 Å². The van der Waals surface area contributed by atoms with Gasteiger partial charge in [0.05, 0.1) is 27.7 Å². The molecule has 0 heterocycles. The van der Waals surface area contributed by atoms with Gasteiger partial charge in [-0.2, -0.15) is 0 Å². The zero-order chi connectivity index (χ0) is 10.6. The maximum absolute atomic E-state index is 10.6. The van der Waals surface area contributed by atoms with Crippen LogP contribution in [-0.4, -0.2) is 43.4 Å². The Morgan fingerprint density at radius 3 is 2.31 bits per heavy atom. The Morgan fingerprint density at radius 1 is 1.54 bits per heavy atom. The molecule has 1 atom stereocenters. The fourth-order valence-corrected chi connectivity index (χ4v) is 1.53. The molecule has 0 fully saturated rings. The van der Waals surface area contributed by atoms with Crippen LogP contribution in [-0.2, 0) is 0 Å². The first-order chi connectivity index (χ1) is 5.72. The summed E-state index contributed by atoms with van der Waals surface area (Å²) in [5.41, 5.74) is 0.411. The first-order valence-electron chi connectivity index (χ1n) is 4.11. The molecule has 3 nitrogen and oxygen atoms in total. The molecule has 0 saturated heterocycles. The number of hydrogen-bond donors (Lipinski definition) is 1. The van der Waals surface area contributed by atoms with E-state index in [9.17, 15) is 5.11 Å². The van der Waals surface area contributed by atoms with Crippen molar-refractivity contribution in [3.8, 4) is 0 Å². The van der Waals surface area contributed by atoms with Crippen molar-refractivity contribution in [3.63, 3.8) is 0 Å². The molecule has 0 aromatic rings. The fourth-order valence-electron chi connectivity index (χ4n) is 0.923. The average Bonchev–Trinajstić information content (AvgIpc) is 1.81. The second-order valence-electron chi connectivity index (χ2n) is 4.17. The number of rotatable bonds is 4. The normalized spacial score (nSPS) is 15.6. The van der Waals surface area contributed by atoms with E-state index >= 15 is 0 Å². The maximum Gasteiger partial charge on any atom is 0.101 e. The smallest absolute Gasteiger partial charge is 0.101 e. The average molecular weight is 205 g/mol. The quantitative estimate of drug-likeness (QED) is 0.310. The van der Waals surface area contributed by atoms with Crippen LogP contribution in [0.5, 0.6) is 0 Å². The summed E-state index contributed by atoms with van der Waals surface area (Å²) >= 11 is 5.98. The Bertz CT molecular complexity index is 218. The zero-order valence-electron chi connectivity index (χ0n) is 8.60. The Balaban J connectivity index is 4.23. The molecule has 1 N–H and O–H groups in total. The lowest BCUT2D eigenvalue weighted by molar-refractivity contribution is -0.869. The van der Waals surface area contributed by atoms with E-state index in [-0.39, 0.29) is 5.38 Å². The van der Waals surface area contributed by atoms with Gasteiger partial charge in [0.25, 0.3) is 0 Å². The molecular weight excluding hydrogens is 188 g/mol. The van der Waals surface area contributed by atoms with Gasteiger partial charge in [0.2, 0.25) is 0 Å². The maximum atomic E-state index is 10.6. The molecule has 1 unspecified atom stereocenters. The summed E-state index contributed by atoms with van der Waals surface area (Å²) < 4.78 is 0.740. The molecule has 0 spiro atoms. The van der Waals surface area contributed by atoms with E-state index in [1.807, 2.05) is 21.1 Å². The van der Waals surface area contributed by atoms with Gasteiger partial charge in [0, 0.05) is 0 Å². The van der Waals surface area contributed by atoms with Gasteiger partial charge >= 0.3 is 0 Å². The molecule has 0 aromatic heterocycles. The van der Waals surface area contributed by atoms with Crippen LogP contribution >= 0.6 is 11.6 Å². The Morgan fingerprint density at radius 2 is 2.00 bits per heavy atom. The predicted octanol–water partition coefficient (Wildman–Crippen LogP) is 0.584. The van der Waals surface area contributed by atoms with Crippen molar-refractivity contribution in [2.75, 3.05) is 27.7 Å². The molecule has 0 rings (SSSR count). The van der Waals surface area contributed by atoms with Crippen LogP contribution in [0.25, 0.3) is 0 Å². The third-order valence-electron chi connectivity index (χ3n) is 1.51. The van der Waals surface area contributed by atoms with Crippen LogP contribution in [0, 0.1) is 5.41 Å². The lowest BCUT2D eigenvalue weighted by Gasteiger charge is -2.25. The van der Waals surface area contributed by atoms with Crippen LogP contribution in [0.4, 0.5) is 0 Å². The van der Waals surface area contributed by atoms with Crippen molar-refractivity contribution in [2.24, 2.45) is 0 Å². The third kappa shape index (κ3) is 6.61. The Labute approximate surface area is 84.7 Å². The monoisotopic (exact) mass is 204 g/mol. The van der Waals surface area contributed by atoms with Crippen LogP contribution < -0.4 is 5.11 Å². The van der Waals surface area contributed by atoms with Gasteiger partial charge in [-0.05, 0) is 18.4 Å². The van der Waals surface area contributed by atoms with E-state index in [1.165, 1.54) is 0 Å². The van der Waals surface area contributed by atoms with Crippen molar-refractivity contribution < 1.29 is 9.59 Å². The fraction of sp³-hybridized carbons (Fsp3) is 0.667. The number of alkyl halides is 1. The number of halogens is 1. The van der Waals surface area contributed by atoms with E-state index in [2.05, 4.69) is 0 Å². The van der Waals surface area contributed by atoms with Gasteiger partial charge < -0.3 is 15.0 Å². The first-order valence-corrected chi connectivity index (χ1v) is 4.55. The Kier molecular flexibility index (Phi) is 4.44. The van der Waals surface area contributed by atoms with Gasteiger partial charge in [-0.25, -0.2) is 0 Å². The molecule has 0 bridgehead atoms. The van der Waals surface area contributed by atoms with Gasteiger partial charge in [-0.3, -0.25) is 0 Å². The highest BCUT2D eigenvalue weighted by molar-refractivity contribution is 6.22. The zero-order valence-corrected chi connectivity index (χ0v) is 9.35. The molecule has 0 aliphatic rings. The largest absolute Gasteiger partial charge is 0.859 e. The van der Waals surface area contributed by atoms with Crippen molar-refractivity contribution >= 4 is 17.5 Å². The van der Waals surface area contributed by atoms with Crippen molar-refractivity contribution in [1.29, 1.82) is 5.41 Å². The lowest BCUT2D eigenvalue weighted by Crippen LogP contribution is -2.39. The van der Waals surface area contributed by atoms with Crippen molar-refractivity contribution in [3.05, 3.63) is 11.6 Å². The molecule has 13 heavy (non-hydrogen) atoms. The third-order valence-corrected chi connectivity index (χ3v) is 1.78. The second kappa shape index (κ2) is 4.63. The van der Waals surface area contributed by atoms with Crippen LogP contribution in [0.15, 0.2) is 11.6 Å². The van der Waals surface area contributed by atoms with E-state index in [0.29, 0.717) is 5.57 Å². The number of quaternary nitrogens is 1. The highest BCUT2D eigenvalue weighted by Gasteiger charge is 2.13. The number of nitrogens with zero attached hydrogens (tertiary/aromatic N) is 1. The first kappa shape index (κ1) is 12.5. The van der Waals surface area contributed by atoms with E-state index < -0.39 is 5.90 Å². The standard InChI is InChI=1S/C9H17ClN2O/c1-7(9(11)13)5-8(10)6-12(2,3)4/h5,8H,6H2,1-4H3,(H-,11,13). The van der Waals surface area contributed by atoms with Crippen LogP contribution in [0.3, 0.4) is 0 Å². The van der Waals surface area contributed by atoms with Gasteiger partial charge in [-0.15, -0.1) is 11.6 Å². The summed E-state index contributed by atoms with van der Waals surface area (Å²) in [5, 5.41) is 17.2. The highest BCUT2D eigenvalue weighted by Crippen LogP contribution is 2.06. The molecular formula is C9H17ClN2O. The van der Waals surface area contributed by atoms with E-state index in [1.54, 1.807) is 13.0 Å². The summed E-state index contributed by atoms with van der Waals surface area (Å²) in [4.78, 5) is 0. The minimum atomic E-state index is -0.660. The van der Waals surface area contributed by atoms with Gasteiger partial charge in [0.1, 0.15) is 5.38 Å². The van der Waals surface area contributed by atoms with Crippen LogP contribution in [0.1, 0.15) is 6.92 Å².